The second kappa shape index (κ2) is 15.4. The first-order chi connectivity index (χ1) is 14.5. The summed E-state index contributed by atoms with van der Waals surface area (Å²) < 4.78 is 9.98. The van der Waals surface area contributed by atoms with E-state index in [0.29, 0.717) is 32.4 Å². The number of hydrogen-bond donors (Lipinski definition) is 5. The van der Waals surface area contributed by atoms with E-state index < -0.39 is 47.2 Å². The number of aliphatic carboxylic acids is 2. The van der Waals surface area contributed by atoms with E-state index in [2.05, 4.69) is 5.32 Å². The lowest BCUT2D eigenvalue weighted by molar-refractivity contribution is -0.167. The number of unbranched alkanes of at least 4 members (excludes halogenated alkanes) is 1. The molecule has 0 aromatic rings. The van der Waals surface area contributed by atoms with Gasteiger partial charge in [-0.3, -0.25) is 9.59 Å². The molecule has 188 valence electrons. The van der Waals surface area contributed by atoms with E-state index in [1.165, 1.54) is 0 Å². The molecule has 1 unspecified atom stereocenters. The molecule has 11 nitrogen and oxygen atoms in total. The highest BCUT2D eigenvalue weighted by atomic mass is 16.6. The molecule has 32 heavy (non-hydrogen) atoms. The van der Waals surface area contributed by atoms with Crippen molar-refractivity contribution in [3.8, 4) is 0 Å². The molecule has 11 heteroatoms. The van der Waals surface area contributed by atoms with Crippen LogP contribution in [-0.2, 0) is 23.9 Å². The van der Waals surface area contributed by atoms with Crippen molar-refractivity contribution in [2.75, 3.05) is 13.1 Å². The minimum absolute atomic E-state index is 0.223. The predicted molar refractivity (Wildman–Crippen MR) is 119 cm³/mol. The van der Waals surface area contributed by atoms with Crippen molar-refractivity contribution >= 4 is 24.0 Å². The molecule has 0 saturated heterocycles. The van der Waals surface area contributed by atoms with Crippen molar-refractivity contribution in [2.24, 2.45) is 17.4 Å². The third kappa shape index (κ3) is 18.4. The average Bonchev–Trinajstić information content (AvgIpc) is 2.58. The molecule has 0 spiro atoms. The molecular weight excluding hydrogens is 422 g/mol. The van der Waals surface area contributed by atoms with Gasteiger partial charge in [0.2, 0.25) is 0 Å². The van der Waals surface area contributed by atoms with Gasteiger partial charge in [0.05, 0.1) is 0 Å². The van der Waals surface area contributed by atoms with Crippen molar-refractivity contribution in [2.45, 2.75) is 90.9 Å². The smallest absolute Gasteiger partial charge is 0.408 e. The van der Waals surface area contributed by atoms with Gasteiger partial charge in [-0.15, -0.1) is 0 Å². The summed E-state index contributed by atoms with van der Waals surface area (Å²) in [6.07, 6.45) is 1.75. The average molecular weight is 464 g/mol. The fourth-order valence-corrected chi connectivity index (χ4v) is 2.24. The Morgan fingerprint density at radius 2 is 1.28 bits per heavy atom. The molecule has 2 atom stereocenters. The van der Waals surface area contributed by atoms with E-state index in [4.69, 9.17) is 31.2 Å². The van der Waals surface area contributed by atoms with E-state index >= 15 is 0 Å². The first-order valence-corrected chi connectivity index (χ1v) is 10.6. The second-order valence-electron chi connectivity index (χ2n) is 9.18. The van der Waals surface area contributed by atoms with Gasteiger partial charge in [0.15, 0.2) is 5.92 Å². The molecule has 0 aromatic heterocycles. The van der Waals surface area contributed by atoms with E-state index in [0.717, 1.165) is 6.42 Å². The van der Waals surface area contributed by atoms with Gasteiger partial charge in [-0.2, -0.15) is 0 Å². The molecule has 7 N–H and O–H groups in total. The standard InChI is InChI=1S/C11H22N2O4.C10H19NO4/c1-11(2,3)17-10(16)13-8(9(14)15)6-4-5-7-12;1-10(2,3)15-9(14)7(8(12)13)5-4-6-11/h8H,4-7,12H2,1-3H3,(H,13,16)(H,14,15);7H,4-6,11H2,1-3H3,(H,12,13)/t8-;/m0./s1. The quantitative estimate of drug-likeness (QED) is 0.172. The van der Waals surface area contributed by atoms with E-state index in [1.54, 1.807) is 41.5 Å². The molecule has 1 amide bonds. The van der Waals surface area contributed by atoms with Crippen LogP contribution in [0.3, 0.4) is 0 Å². The Kier molecular flexibility index (Phi) is 15.3. The van der Waals surface area contributed by atoms with Crippen molar-refractivity contribution in [1.29, 1.82) is 0 Å². The Balaban J connectivity index is 0. The number of hydrogen-bond acceptors (Lipinski definition) is 8. The molecule has 0 bridgehead atoms. The highest BCUT2D eigenvalue weighted by Crippen LogP contribution is 2.15. The number of alkyl carbamates (subject to hydrolysis) is 1. The lowest BCUT2D eigenvalue weighted by atomic mass is 10.0. The number of ether oxygens (including phenoxy) is 2. The first-order valence-electron chi connectivity index (χ1n) is 10.6. The molecule has 0 aromatic carbocycles. The minimum Gasteiger partial charge on any atom is -0.481 e. The molecule has 0 aliphatic heterocycles. The number of carbonyl (C=O) groups excluding carboxylic acids is 2. The number of nitrogens with two attached hydrogens (primary N) is 2. The zero-order valence-corrected chi connectivity index (χ0v) is 20.1. The van der Waals surface area contributed by atoms with Crippen molar-refractivity contribution < 1.29 is 38.9 Å². The topological polar surface area (TPSA) is 191 Å². The zero-order valence-electron chi connectivity index (χ0n) is 20.1. The normalized spacial score (nSPS) is 13.1. The van der Waals surface area contributed by atoms with Crippen LogP contribution in [0.2, 0.25) is 0 Å². The Morgan fingerprint density at radius 1 is 0.781 bits per heavy atom. The summed E-state index contributed by atoms with van der Waals surface area (Å²) in [5, 5.41) is 20.1. The van der Waals surface area contributed by atoms with E-state index in [-0.39, 0.29) is 6.42 Å². The van der Waals surface area contributed by atoms with Crippen LogP contribution in [0.1, 0.15) is 73.6 Å². The highest BCUT2D eigenvalue weighted by Gasteiger charge is 2.30. The van der Waals surface area contributed by atoms with Crippen molar-refractivity contribution in [3.05, 3.63) is 0 Å². The number of carboxylic acid groups (broad SMARTS) is 2. The third-order valence-electron chi connectivity index (χ3n) is 3.62. The fourth-order valence-electron chi connectivity index (χ4n) is 2.24. The summed E-state index contributed by atoms with van der Waals surface area (Å²) >= 11 is 0. The van der Waals surface area contributed by atoms with Gasteiger partial charge in [-0.25, -0.2) is 9.59 Å². The van der Waals surface area contributed by atoms with Crippen LogP contribution in [0.4, 0.5) is 4.79 Å². The molecule has 0 rings (SSSR count). The van der Waals surface area contributed by atoms with Crippen LogP contribution >= 0.6 is 0 Å². The summed E-state index contributed by atoms with van der Waals surface area (Å²) in [5.41, 5.74) is 9.28. The summed E-state index contributed by atoms with van der Waals surface area (Å²) in [4.78, 5) is 44.5. The van der Waals surface area contributed by atoms with Gasteiger partial charge in [0, 0.05) is 0 Å². The Labute approximate surface area is 190 Å². The number of nitrogens with one attached hydrogen (secondary N) is 1. The van der Waals surface area contributed by atoms with Gasteiger partial charge >= 0.3 is 24.0 Å². The maximum Gasteiger partial charge on any atom is 0.408 e. The van der Waals surface area contributed by atoms with Crippen LogP contribution in [0.15, 0.2) is 0 Å². The number of esters is 1. The van der Waals surface area contributed by atoms with Gasteiger partial charge in [0.25, 0.3) is 0 Å². The number of rotatable bonds is 11. The summed E-state index contributed by atoms with van der Waals surface area (Å²) in [6.45, 7) is 11.1. The van der Waals surface area contributed by atoms with Crippen LogP contribution < -0.4 is 16.8 Å². The molecule has 0 aliphatic carbocycles. The number of carboxylic acids is 2. The van der Waals surface area contributed by atoms with Crippen LogP contribution in [0.5, 0.6) is 0 Å². The Morgan fingerprint density at radius 3 is 1.66 bits per heavy atom. The van der Waals surface area contributed by atoms with Crippen LogP contribution in [0, 0.1) is 5.92 Å². The molecule has 0 saturated carbocycles. The fraction of sp³-hybridized carbons (Fsp3) is 0.810. The maximum atomic E-state index is 11.5. The van der Waals surface area contributed by atoms with Gasteiger partial charge in [-0.05, 0) is 86.7 Å². The molecule has 0 aliphatic rings. The lowest BCUT2D eigenvalue weighted by Gasteiger charge is -2.22. The summed E-state index contributed by atoms with van der Waals surface area (Å²) in [7, 11) is 0. The largest absolute Gasteiger partial charge is 0.481 e. The molecule has 0 radical (unpaired) electrons. The van der Waals surface area contributed by atoms with Crippen molar-refractivity contribution in [1.82, 2.24) is 5.32 Å². The van der Waals surface area contributed by atoms with Crippen LogP contribution in [-0.4, -0.2) is 64.5 Å². The highest BCUT2D eigenvalue weighted by molar-refractivity contribution is 5.94. The number of amides is 1. The zero-order chi connectivity index (χ0) is 25.5. The Bertz CT molecular complexity index is 597. The molecular formula is C21H41N3O8. The van der Waals surface area contributed by atoms with Gasteiger partial charge in [0.1, 0.15) is 17.2 Å². The van der Waals surface area contributed by atoms with Gasteiger partial charge in [-0.1, -0.05) is 0 Å². The summed E-state index contributed by atoms with van der Waals surface area (Å²) in [6, 6.07) is -0.920. The molecule has 0 fully saturated rings. The van der Waals surface area contributed by atoms with Gasteiger partial charge < -0.3 is 36.5 Å². The first kappa shape index (κ1) is 31.8. The number of carbonyl (C=O) groups is 4. The minimum atomic E-state index is -1.15. The van der Waals surface area contributed by atoms with E-state index in [9.17, 15) is 19.2 Å². The molecule has 0 heterocycles. The SMILES string of the molecule is CC(C)(C)OC(=O)C(CCCN)C(=O)O.CC(C)(C)OC(=O)N[C@@H](CCCCN)C(=O)O. The third-order valence-corrected chi connectivity index (χ3v) is 3.62. The van der Waals surface area contributed by atoms with Crippen molar-refractivity contribution in [3.63, 3.8) is 0 Å². The summed E-state index contributed by atoms with van der Waals surface area (Å²) in [5.74, 6) is -4.01. The van der Waals surface area contributed by atoms with E-state index in [1.807, 2.05) is 0 Å². The lowest BCUT2D eigenvalue weighted by Crippen LogP contribution is -2.43. The maximum absolute atomic E-state index is 11.5. The Hall–Kier alpha value is -2.40. The second-order valence-corrected chi connectivity index (χ2v) is 9.18. The monoisotopic (exact) mass is 463 g/mol. The predicted octanol–water partition coefficient (Wildman–Crippen LogP) is 1.86. The van der Waals surface area contributed by atoms with Crippen LogP contribution in [0.25, 0.3) is 0 Å².